The van der Waals surface area contributed by atoms with Gasteiger partial charge in [-0.1, -0.05) is 35.5 Å². The predicted octanol–water partition coefficient (Wildman–Crippen LogP) is 3.31. The molecule has 1 atom stereocenters. The van der Waals surface area contributed by atoms with Crippen molar-refractivity contribution < 1.29 is 9.59 Å². The minimum Gasteiger partial charge on any atom is -0.341 e. The van der Waals surface area contributed by atoms with Gasteiger partial charge in [0.1, 0.15) is 6.04 Å². The molecule has 8 heteroatoms. The Labute approximate surface area is 203 Å². The van der Waals surface area contributed by atoms with Crippen LogP contribution in [0.25, 0.3) is 16.6 Å². The van der Waals surface area contributed by atoms with Gasteiger partial charge in [-0.05, 0) is 55.2 Å². The largest absolute Gasteiger partial charge is 0.341 e. The van der Waals surface area contributed by atoms with Gasteiger partial charge in [0, 0.05) is 37.6 Å². The number of benzene rings is 2. The lowest BCUT2D eigenvalue weighted by Crippen LogP contribution is -2.53. The van der Waals surface area contributed by atoms with Crippen molar-refractivity contribution in [3.63, 3.8) is 0 Å². The molecule has 2 aromatic heterocycles. The SMILES string of the molecule is Cc1c(C(=O)N2Cc3ccccc3CC2C(=O)N2CCCC2)nnn1-c1cccc2ncccc12. The van der Waals surface area contributed by atoms with Crippen molar-refractivity contribution in [3.05, 3.63) is 83.3 Å². The zero-order valence-corrected chi connectivity index (χ0v) is 19.6. The third kappa shape index (κ3) is 3.65. The number of hydrogen-bond acceptors (Lipinski definition) is 5. The summed E-state index contributed by atoms with van der Waals surface area (Å²) in [6.07, 6.45) is 4.28. The first-order valence-electron chi connectivity index (χ1n) is 12.0. The van der Waals surface area contributed by atoms with E-state index >= 15 is 0 Å². The second-order valence-corrected chi connectivity index (χ2v) is 9.24. The van der Waals surface area contributed by atoms with Gasteiger partial charge in [-0.15, -0.1) is 5.10 Å². The number of rotatable bonds is 3. The Morgan fingerprint density at radius 1 is 0.943 bits per heavy atom. The highest BCUT2D eigenvalue weighted by atomic mass is 16.2. The standard InChI is InChI=1S/C27H26N6O2/c1-18-25(29-30-33(18)23-12-6-11-22-21(23)10-7-13-28-22)27(35)32-17-20-9-3-2-8-19(20)16-24(32)26(34)31-14-4-5-15-31/h2-3,6-13,24H,4-5,14-17H2,1H3. The summed E-state index contributed by atoms with van der Waals surface area (Å²) in [5.74, 6) is -0.241. The first-order valence-corrected chi connectivity index (χ1v) is 12.0. The maximum atomic E-state index is 13.9. The molecule has 6 rings (SSSR count). The van der Waals surface area contributed by atoms with Crippen LogP contribution in [-0.4, -0.2) is 60.7 Å². The van der Waals surface area contributed by atoms with Gasteiger partial charge in [-0.25, -0.2) is 4.68 Å². The smallest absolute Gasteiger partial charge is 0.277 e. The number of carbonyl (C=O) groups excluding carboxylic acids is 2. The van der Waals surface area contributed by atoms with Gasteiger partial charge >= 0.3 is 0 Å². The van der Waals surface area contributed by atoms with E-state index in [1.54, 1.807) is 15.8 Å². The summed E-state index contributed by atoms with van der Waals surface area (Å²) < 4.78 is 1.69. The average molecular weight is 467 g/mol. The highest BCUT2D eigenvalue weighted by Crippen LogP contribution is 2.28. The third-order valence-corrected chi connectivity index (χ3v) is 7.16. The van der Waals surface area contributed by atoms with Gasteiger partial charge < -0.3 is 9.80 Å². The molecule has 2 aliphatic heterocycles. The average Bonchev–Trinajstić information content (AvgIpc) is 3.57. The third-order valence-electron chi connectivity index (χ3n) is 7.16. The van der Waals surface area contributed by atoms with E-state index < -0.39 is 6.04 Å². The van der Waals surface area contributed by atoms with Crippen molar-refractivity contribution in [1.29, 1.82) is 0 Å². The van der Waals surface area contributed by atoms with Crippen LogP contribution in [0.5, 0.6) is 0 Å². The van der Waals surface area contributed by atoms with E-state index in [-0.39, 0.29) is 17.5 Å². The zero-order valence-electron chi connectivity index (χ0n) is 19.6. The van der Waals surface area contributed by atoms with Crippen LogP contribution in [-0.2, 0) is 17.8 Å². The molecular weight excluding hydrogens is 440 g/mol. The van der Waals surface area contributed by atoms with E-state index in [1.807, 2.05) is 60.4 Å². The van der Waals surface area contributed by atoms with Crippen LogP contribution in [0.2, 0.25) is 0 Å². The first kappa shape index (κ1) is 21.5. The van der Waals surface area contributed by atoms with Crippen molar-refractivity contribution in [2.24, 2.45) is 0 Å². The summed E-state index contributed by atoms with van der Waals surface area (Å²) in [6, 6.07) is 17.2. The Morgan fingerprint density at radius 3 is 2.57 bits per heavy atom. The number of fused-ring (bicyclic) bond motifs is 2. The van der Waals surface area contributed by atoms with E-state index in [0.717, 1.165) is 53.6 Å². The van der Waals surface area contributed by atoms with Crippen LogP contribution in [0.15, 0.2) is 60.8 Å². The molecule has 8 nitrogen and oxygen atoms in total. The van der Waals surface area contributed by atoms with E-state index in [0.29, 0.717) is 18.7 Å². The van der Waals surface area contributed by atoms with E-state index in [9.17, 15) is 9.59 Å². The second kappa shape index (κ2) is 8.61. The fraction of sp³-hybridized carbons (Fsp3) is 0.296. The molecule has 2 amide bonds. The molecule has 0 spiro atoms. The molecule has 0 bridgehead atoms. The summed E-state index contributed by atoms with van der Waals surface area (Å²) in [4.78, 5) is 35.4. The molecule has 1 unspecified atom stereocenters. The molecule has 1 fully saturated rings. The molecular formula is C27H26N6O2. The van der Waals surface area contributed by atoms with E-state index in [1.165, 1.54) is 0 Å². The summed E-state index contributed by atoms with van der Waals surface area (Å²) in [5, 5.41) is 9.56. The number of likely N-dealkylation sites (tertiary alicyclic amines) is 1. The lowest BCUT2D eigenvalue weighted by molar-refractivity contribution is -0.135. The highest BCUT2D eigenvalue weighted by molar-refractivity contribution is 5.97. The highest BCUT2D eigenvalue weighted by Gasteiger charge is 2.39. The number of amides is 2. The molecule has 0 radical (unpaired) electrons. The van der Waals surface area contributed by atoms with Crippen LogP contribution in [0.3, 0.4) is 0 Å². The van der Waals surface area contributed by atoms with Crippen molar-refractivity contribution >= 4 is 22.7 Å². The van der Waals surface area contributed by atoms with Gasteiger partial charge in [-0.2, -0.15) is 0 Å². The fourth-order valence-corrected chi connectivity index (χ4v) is 5.27. The Balaban J connectivity index is 1.38. The molecule has 2 aliphatic rings. The first-order chi connectivity index (χ1) is 17.1. The van der Waals surface area contributed by atoms with Crippen LogP contribution in [0, 0.1) is 6.92 Å². The molecule has 0 aliphatic carbocycles. The minimum atomic E-state index is -0.540. The van der Waals surface area contributed by atoms with Crippen molar-refractivity contribution in [2.45, 2.75) is 38.8 Å². The molecule has 0 N–H and O–H groups in total. The van der Waals surface area contributed by atoms with E-state index in [2.05, 4.69) is 21.4 Å². The van der Waals surface area contributed by atoms with Gasteiger partial charge in [0.25, 0.3) is 5.91 Å². The molecule has 4 aromatic rings. The lowest BCUT2D eigenvalue weighted by Gasteiger charge is -2.37. The van der Waals surface area contributed by atoms with Gasteiger partial charge in [0.2, 0.25) is 5.91 Å². The van der Waals surface area contributed by atoms with Crippen molar-refractivity contribution in [3.8, 4) is 5.69 Å². The topological polar surface area (TPSA) is 84.2 Å². The van der Waals surface area contributed by atoms with Gasteiger partial charge in [0.15, 0.2) is 5.69 Å². The summed E-state index contributed by atoms with van der Waals surface area (Å²) in [6.45, 7) is 3.73. The van der Waals surface area contributed by atoms with Crippen molar-refractivity contribution in [2.75, 3.05) is 13.1 Å². The maximum Gasteiger partial charge on any atom is 0.277 e. The Hall–Kier alpha value is -4.07. The van der Waals surface area contributed by atoms with Crippen LogP contribution >= 0.6 is 0 Å². The Bertz CT molecular complexity index is 1430. The molecule has 176 valence electrons. The van der Waals surface area contributed by atoms with Gasteiger partial charge in [-0.3, -0.25) is 14.6 Å². The summed E-state index contributed by atoms with van der Waals surface area (Å²) >= 11 is 0. The molecule has 2 aromatic carbocycles. The molecule has 4 heterocycles. The number of nitrogens with zero attached hydrogens (tertiary/aromatic N) is 6. The lowest BCUT2D eigenvalue weighted by atomic mass is 9.92. The van der Waals surface area contributed by atoms with Crippen LogP contribution in [0.4, 0.5) is 0 Å². The van der Waals surface area contributed by atoms with Gasteiger partial charge in [0.05, 0.1) is 16.9 Å². The zero-order chi connectivity index (χ0) is 23.9. The quantitative estimate of drug-likeness (QED) is 0.463. The normalized spacial score (nSPS) is 17.6. The Morgan fingerprint density at radius 2 is 1.74 bits per heavy atom. The number of pyridine rings is 1. The fourth-order valence-electron chi connectivity index (χ4n) is 5.27. The van der Waals surface area contributed by atoms with Crippen LogP contribution < -0.4 is 0 Å². The molecule has 35 heavy (non-hydrogen) atoms. The Kier molecular flexibility index (Phi) is 5.28. The maximum absolute atomic E-state index is 13.9. The molecule has 1 saturated heterocycles. The monoisotopic (exact) mass is 466 g/mol. The molecule has 0 saturated carbocycles. The van der Waals surface area contributed by atoms with E-state index in [4.69, 9.17) is 0 Å². The summed E-state index contributed by atoms with van der Waals surface area (Å²) in [7, 11) is 0. The van der Waals surface area contributed by atoms with Crippen molar-refractivity contribution in [1.82, 2.24) is 29.8 Å². The number of hydrogen-bond donors (Lipinski definition) is 0. The second-order valence-electron chi connectivity index (χ2n) is 9.24. The predicted molar refractivity (Wildman–Crippen MR) is 131 cm³/mol. The summed E-state index contributed by atoms with van der Waals surface area (Å²) in [5.41, 5.74) is 4.75. The minimum absolute atomic E-state index is 0.0236. The van der Waals surface area contributed by atoms with Crippen LogP contribution in [0.1, 0.15) is 40.2 Å². The number of carbonyl (C=O) groups is 2. The number of aromatic nitrogens is 4.